The van der Waals surface area contributed by atoms with Gasteiger partial charge in [0.1, 0.15) is 12.1 Å². The van der Waals surface area contributed by atoms with E-state index in [1.807, 2.05) is 6.92 Å². The highest BCUT2D eigenvalue weighted by atomic mass is 16.5. The summed E-state index contributed by atoms with van der Waals surface area (Å²) in [5.41, 5.74) is 1.27. The van der Waals surface area contributed by atoms with Gasteiger partial charge in [0.15, 0.2) is 5.78 Å². The summed E-state index contributed by atoms with van der Waals surface area (Å²) in [6.07, 6.45) is 6.66. The number of carbonyl (C=O) groups excluding carboxylic acids is 1. The maximum Gasteiger partial charge on any atom is 0.187 e. The predicted molar refractivity (Wildman–Crippen MR) is 82.9 cm³/mol. The Morgan fingerprint density at radius 3 is 2.60 bits per heavy atom. The molecule has 0 N–H and O–H groups in total. The van der Waals surface area contributed by atoms with E-state index < -0.39 is 0 Å². The molecule has 20 heavy (non-hydrogen) atoms. The van der Waals surface area contributed by atoms with Gasteiger partial charge in [-0.25, -0.2) is 9.98 Å². The molecule has 1 rings (SSSR count). The minimum atomic E-state index is -0.0886. The average molecular weight is 270 g/mol. The van der Waals surface area contributed by atoms with Crippen LogP contribution in [0.25, 0.3) is 0 Å². The number of allylic oxidation sites excluding steroid dienone is 3. The Bertz CT molecular complexity index is 540. The van der Waals surface area contributed by atoms with Gasteiger partial charge in [0.2, 0.25) is 0 Å². The summed E-state index contributed by atoms with van der Waals surface area (Å²) in [5, 5.41) is 0. The van der Waals surface area contributed by atoms with Crippen molar-refractivity contribution in [2.24, 2.45) is 9.98 Å². The Balaban J connectivity index is 2.82. The quantitative estimate of drug-likeness (QED) is 0.330. The molecule has 0 aromatic heterocycles. The molecule has 4 heteroatoms. The molecule has 104 valence electrons. The fourth-order valence-electron chi connectivity index (χ4n) is 1.43. The molecule has 0 fully saturated rings. The van der Waals surface area contributed by atoms with Crippen LogP contribution < -0.4 is 4.74 Å². The van der Waals surface area contributed by atoms with Gasteiger partial charge in [0.05, 0.1) is 7.11 Å². The minimum Gasteiger partial charge on any atom is -0.497 e. The van der Waals surface area contributed by atoms with Crippen LogP contribution in [-0.4, -0.2) is 25.4 Å². The number of aliphatic imine (C=N–C) groups is 2. The van der Waals surface area contributed by atoms with Crippen molar-refractivity contribution in [3.8, 4) is 5.75 Å². The van der Waals surface area contributed by atoms with Crippen molar-refractivity contribution >= 4 is 18.3 Å². The van der Waals surface area contributed by atoms with Gasteiger partial charge >= 0.3 is 0 Å². The molecule has 0 aliphatic rings. The molecule has 0 unspecified atom stereocenters. The fraction of sp³-hybridized carbons (Fsp3) is 0.188. The van der Waals surface area contributed by atoms with Crippen molar-refractivity contribution in [3.05, 3.63) is 54.3 Å². The molecule has 0 saturated heterocycles. The molecule has 0 aliphatic heterocycles. The highest BCUT2D eigenvalue weighted by Crippen LogP contribution is 2.13. The van der Waals surface area contributed by atoms with Gasteiger partial charge < -0.3 is 4.74 Å². The maximum atomic E-state index is 12.1. The number of hydrogen-bond acceptors (Lipinski definition) is 3. The van der Waals surface area contributed by atoms with E-state index in [0.717, 1.165) is 5.75 Å². The van der Waals surface area contributed by atoms with Crippen LogP contribution in [0.2, 0.25) is 0 Å². The number of benzene rings is 1. The number of ketones is 1. The Labute approximate surface area is 119 Å². The summed E-state index contributed by atoms with van der Waals surface area (Å²) in [6.45, 7) is 5.44. The molecule has 4 nitrogen and oxygen atoms in total. The molecule has 0 bridgehead atoms. The molecular formula is C16H18N2O2. The minimum absolute atomic E-state index is 0.0886. The molecule has 0 atom stereocenters. The molecule has 0 aliphatic carbocycles. The van der Waals surface area contributed by atoms with Crippen LogP contribution in [0.4, 0.5) is 0 Å². The van der Waals surface area contributed by atoms with Crippen molar-refractivity contribution in [3.63, 3.8) is 0 Å². The highest BCUT2D eigenvalue weighted by molar-refractivity contribution is 6.05. The van der Waals surface area contributed by atoms with E-state index in [-0.39, 0.29) is 5.78 Å². The first-order chi connectivity index (χ1) is 9.71. The largest absolute Gasteiger partial charge is 0.497 e. The zero-order chi connectivity index (χ0) is 14.8. The third-order valence-corrected chi connectivity index (χ3v) is 2.52. The fourth-order valence-corrected chi connectivity index (χ4v) is 1.43. The van der Waals surface area contributed by atoms with E-state index in [0.29, 0.717) is 17.7 Å². The van der Waals surface area contributed by atoms with E-state index in [1.165, 1.54) is 18.6 Å². The van der Waals surface area contributed by atoms with Crippen LogP contribution in [0, 0.1) is 0 Å². The number of rotatable bonds is 7. The predicted octanol–water partition coefficient (Wildman–Crippen LogP) is 3.46. The van der Waals surface area contributed by atoms with E-state index in [1.54, 1.807) is 37.5 Å². The lowest BCUT2D eigenvalue weighted by atomic mass is 10.1. The molecule has 1 aromatic rings. The number of methoxy groups -OCH3 is 1. The van der Waals surface area contributed by atoms with E-state index >= 15 is 0 Å². The summed E-state index contributed by atoms with van der Waals surface area (Å²) in [4.78, 5) is 20.1. The van der Waals surface area contributed by atoms with Gasteiger partial charge in [-0.05, 0) is 30.7 Å². The molecule has 0 saturated carbocycles. The molecule has 0 radical (unpaired) electrons. The average Bonchev–Trinajstić information content (AvgIpc) is 2.50. The van der Waals surface area contributed by atoms with Crippen LogP contribution in [0.3, 0.4) is 0 Å². The van der Waals surface area contributed by atoms with E-state index in [2.05, 4.69) is 16.6 Å². The van der Waals surface area contributed by atoms with Crippen LogP contribution in [0.1, 0.15) is 23.7 Å². The van der Waals surface area contributed by atoms with Gasteiger partial charge in [-0.1, -0.05) is 19.6 Å². The summed E-state index contributed by atoms with van der Waals surface area (Å²) in [6, 6.07) is 6.96. The number of carbonyl (C=O) groups is 1. The van der Waals surface area contributed by atoms with Gasteiger partial charge in [-0.15, -0.1) is 0 Å². The topological polar surface area (TPSA) is 51.0 Å². The lowest BCUT2D eigenvalue weighted by molar-refractivity contribution is 0.104. The van der Waals surface area contributed by atoms with Gasteiger partial charge in [0, 0.05) is 23.6 Å². The molecule has 0 amide bonds. The van der Waals surface area contributed by atoms with Gasteiger partial charge in [0.25, 0.3) is 0 Å². The highest BCUT2D eigenvalue weighted by Gasteiger charge is 2.04. The Kier molecular flexibility index (Phi) is 6.68. The molecule has 0 heterocycles. The lowest BCUT2D eigenvalue weighted by Gasteiger charge is -2.01. The van der Waals surface area contributed by atoms with Crippen molar-refractivity contribution in [2.75, 3.05) is 7.11 Å². The second-order valence-corrected chi connectivity index (χ2v) is 3.86. The third-order valence-electron chi connectivity index (χ3n) is 2.52. The monoisotopic (exact) mass is 270 g/mol. The zero-order valence-electron chi connectivity index (χ0n) is 11.7. The van der Waals surface area contributed by atoms with E-state index in [4.69, 9.17) is 4.74 Å². The second-order valence-electron chi connectivity index (χ2n) is 3.86. The van der Waals surface area contributed by atoms with Crippen LogP contribution >= 0.6 is 0 Å². The van der Waals surface area contributed by atoms with Crippen LogP contribution in [-0.2, 0) is 0 Å². The van der Waals surface area contributed by atoms with Gasteiger partial charge in [-0.2, -0.15) is 0 Å². The Morgan fingerprint density at radius 2 is 2.05 bits per heavy atom. The summed E-state index contributed by atoms with van der Waals surface area (Å²) in [5.74, 6) is 0.632. The second kappa shape index (κ2) is 8.58. The molecule has 1 aromatic carbocycles. The Hall–Kier alpha value is -2.49. The number of ether oxygens (including phenoxy) is 1. The first kappa shape index (κ1) is 15.6. The normalized spacial score (nSPS) is 12.0. The summed E-state index contributed by atoms with van der Waals surface area (Å²) >= 11 is 0. The van der Waals surface area contributed by atoms with Crippen molar-refractivity contribution in [2.45, 2.75) is 13.3 Å². The summed E-state index contributed by atoms with van der Waals surface area (Å²) in [7, 11) is 1.59. The number of hydrogen-bond donors (Lipinski definition) is 0. The van der Waals surface area contributed by atoms with Crippen LogP contribution in [0.5, 0.6) is 5.75 Å². The SMILES string of the molecule is C=CC=NC=N/C(=C/C(=O)c1ccc(OC)cc1)CC. The Morgan fingerprint density at radius 1 is 1.35 bits per heavy atom. The first-order valence-electron chi connectivity index (χ1n) is 6.27. The zero-order valence-corrected chi connectivity index (χ0v) is 11.7. The molecule has 0 spiro atoms. The van der Waals surface area contributed by atoms with Crippen molar-refractivity contribution in [1.29, 1.82) is 0 Å². The first-order valence-corrected chi connectivity index (χ1v) is 6.27. The smallest absolute Gasteiger partial charge is 0.187 e. The van der Waals surface area contributed by atoms with Crippen molar-refractivity contribution in [1.82, 2.24) is 0 Å². The third kappa shape index (κ3) is 5.02. The lowest BCUT2D eigenvalue weighted by Crippen LogP contribution is -1.96. The summed E-state index contributed by atoms with van der Waals surface area (Å²) < 4.78 is 5.05. The maximum absolute atomic E-state index is 12.1. The van der Waals surface area contributed by atoms with E-state index in [9.17, 15) is 4.79 Å². The standard InChI is InChI=1S/C16H18N2O2/c1-4-10-17-12-18-14(5-2)11-16(19)13-6-8-15(20-3)9-7-13/h4,6-12H,1,5H2,2-3H3/b14-11+,17-10?,18-12?. The van der Waals surface area contributed by atoms with Gasteiger partial charge in [-0.3, -0.25) is 4.79 Å². The van der Waals surface area contributed by atoms with Crippen LogP contribution in [0.15, 0.2) is 58.7 Å². The number of nitrogens with zero attached hydrogens (tertiary/aromatic N) is 2. The molecular weight excluding hydrogens is 252 g/mol. The van der Waals surface area contributed by atoms with Crippen molar-refractivity contribution < 1.29 is 9.53 Å².